The van der Waals surface area contributed by atoms with E-state index in [0.29, 0.717) is 12.1 Å². The molecule has 0 radical (unpaired) electrons. The third-order valence-corrected chi connectivity index (χ3v) is 7.06. The number of aromatic carboxylic acids is 1. The van der Waals surface area contributed by atoms with Crippen molar-refractivity contribution in [3.05, 3.63) is 57.6 Å². The number of piperidine rings is 1. The Labute approximate surface area is 213 Å². The maximum Gasteiger partial charge on any atom is 0.339 e. The molecular weight excluding hydrogens is 493 g/mol. The van der Waals surface area contributed by atoms with Crippen LogP contribution in [0.25, 0.3) is 0 Å². The number of benzene rings is 2. The number of amides is 2. The van der Waals surface area contributed by atoms with Gasteiger partial charge in [0.15, 0.2) is 6.61 Å². The van der Waals surface area contributed by atoms with Crippen molar-refractivity contribution in [1.29, 1.82) is 0 Å². The Morgan fingerprint density at radius 2 is 1.74 bits per heavy atom. The van der Waals surface area contributed by atoms with Gasteiger partial charge < -0.3 is 20.5 Å². The number of hydrogen-bond acceptors (Lipinski definition) is 5. The SMILES string of the molecule is CC(=O)Nc1cc(OCC(=O)N[C@H]2C[C@H]3CC[C@@H](C2)N3Cc2ccc(Cl)cc2)c(C(=O)O)cc1Cl. The van der Waals surface area contributed by atoms with Crippen LogP contribution in [0.5, 0.6) is 5.75 Å². The van der Waals surface area contributed by atoms with Crippen LogP contribution in [0.3, 0.4) is 0 Å². The van der Waals surface area contributed by atoms with Gasteiger partial charge in [0.25, 0.3) is 5.91 Å². The molecule has 2 amide bonds. The lowest BCUT2D eigenvalue weighted by Gasteiger charge is -2.39. The van der Waals surface area contributed by atoms with Crippen molar-refractivity contribution in [3.8, 4) is 5.75 Å². The molecule has 2 aromatic rings. The summed E-state index contributed by atoms with van der Waals surface area (Å²) >= 11 is 12.1. The predicted molar refractivity (Wildman–Crippen MR) is 133 cm³/mol. The lowest BCUT2D eigenvalue weighted by molar-refractivity contribution is -0.124. The van der Waals surface area contributed by atoms with Crippen LogP contribution >= 0.6 is 23.2 Å². The Morgan fingerprint density at radius 1 is 1.09 bits per heavy atom. The number of carbonyl (C=O) groups excluding carboxylic acids is 2. The minimum Gasteiger partial charge on any atom is -0.483 e. The highest BCUT2D eigenvalue weighted by Crippen LogP contribution is 2.37. The molecule has 3 atom stereocenters. The quantitative estimate of drug-likeness (QED) is 0.478. The normalized spacial score (nSPS) is 21.4. The number of carboxylic acid groups (broad SMARTS) is 1. The number of anilines is 1. The fraction of sp³-hybridized carbons (Fsp3) is 0.400. The third-order valence-electron chi connectivity index (χ3n) is 6.50. The number of hydrogen-bond donors (Lipinski definition) is 3. The van der Waals surface area contributed by atoms with E-state index < -0.39 is 5.97 Å². The van der Waals surface area contributed by atoms with E-state index in [0.717, 1.165) is 37.3 Å². The average Bonchev–Trinajstić information content (AvgIpc) is 3.02. The lowest BCUT2D eigenvalue weighted by atomic mass is 9.96. The smallest absolute Gasteiger partial charge is 0.339 e. The zero-order valence-corrected chi connectivity index (χ0v) is 20.7. The van der Waals surface area contributed by atoms with Crippen LogP contribution in [-0.2, 0) is 16.1 Å². The van der Waals surface area contributed by atoms with Crippen LogP contribution in [0.1, 0.15) is 48.5 Å². The Bertz CT molecular complexity index is 1110. The van der Waals surface area contributed by atoms with Crippen LogP contribution < -0.4 is 15.4 Å². The van der Waals surface area contributed by atoms with Crippen molar-refractivity contribution in [2.75, 3.05) is 11.9 Å². The summed E-state index contributed by atoms with van der Waals surface area (Å²) in [4.78, 5) is 38.1. The van der Waals surface area contributed by atoms with Gasteiger partial charge in [-0.1, -0.05) is 35.3 Å². The molecule has 0 saturated carbocycles. The maximum absolute atomic E-state index is 12.6. The topological polar surface area (TPSA) is 108 Å². The highest BCUT2D eigenvalue weighted by molar-refractivity contribution is 6.34. The van der Waals surface area contributed by atoms with Crippen molar-refractivity contribution >= 4 is 46.7 Å². The van der Waals surface area contributed by atoms with Crippen molar-refractivity contribution in [1.82, 2.24) is 10.2 Å². The first kappa shape index (κ1) is 25.3. The number of ether oxygens (including phenoxy) is 1. The molecule has 8 nitrogen and oxygen atoms in total. The number of halogens is 2. The molecule has 186 valence electrons. The Balaban J connectivity index is 1.34. The van der Waals surface area contributed by atoms with E-state index in [-0.39, 0.29) is 46.5 Å². The molecule has 2 heterocycles. The molecule has 3 N–H and O–H groups in total. The lowest BCUT2D eigenvalue weighted by Crippen LogP contribution is -2.50. The minimum absolute atomic E-state index is 0.0316. The molecule has 4 rings (SSSR count). The molecule has 2 aliphatic heterocycles. The van der Waals surface area contributed by atoms with E-state index in [2.05, 4.69) is 15.5 Å². The Kier molecular flexibility index (Phi) is 7.84. The first-order valence-corrected chi connectivity index (χ1v) is 12.2. The van der Waals surface area contributed by atoms with Gasteiger partial charge in [0.2, 0.25) is 5.91 Å². The van der Waals surface area contributed by atoms with E-state index >= 15 is 0 Å². The summed E-state index contributed by atoms with van der Waals surface area (Å²) in [5.41, 5.74) is 1.24. The predicted octanol–water partition coefficient (Wildman–Crippen LogP) is 4.34. The van der Waals surface area contributed by atoms with Gasteiger partial charge >= 0.3 is 5.97 Å². The fourth-order valence-corrected chi connectivity index (χ4v) is 5.33. The molecular formula is C25H27Cl2N3O5. The Hall–Kier alpha value is -2.81. The van der Waals surface area contributed by atoms with Gasteiger partial charge in [-0.3, -0.25) is 14.5 Å². The molecule has 35 heavy (non-hydrogen) atoms. The molecule has 2 bridgehead atoms. The summed E-state index contributed by atoms with van der Waals surface area (Å²) in [5.74, 6) is -1.98. The molecule has 0 aromatic heterocycles. The summed E-state index contributed by atoms with van der Waals surface area (Å²) < 4.78 is 5.53. The van der Waals surface area contributed by atoms with E-state index in [9.17, 15) is 19.5 Å². The molecule has 0 aliphatic carbocycles. The second-order valence-electron chi connectivity index (χ2n) is 9.02. The summed E-state index contributed by atoms with van der Waals surface area (Å²) in [6.07, 6.45) is 3.90. The van der Waals surface area contributed by atoms with Gasteiger partial charge in [-0.25, -0.2) is 4.79 Å². The van der Waals surface area contributed by atoms with Crippen molar-refractivity contribution in [2.24, 2.45) is 0 Å². The molecule has 0 unspecified atom stereocenters. The number of carboxylic acids is 1. The number of nitrogens with one attached hydrogen (secondary N) is 2. The van der Waals surface area contributed by atoms with E-state index in [4.69, 9.17) is 27.9 Å². The van der Waals surface area contributed by atoms with Crippen molar-refractivity contribution in [3.63, 3.8) is 0 Å². The molecule has 2 saturated heterocycles. The Morgan fingerprint density at radius 3 is 2.34 bits per heavy atom. The summed E-state index contributed by atoms with van der Waals surface area (Å²) in [5, 5.41) is 15.8. The zero-order chi connectivity index (χ0) is 25.1. The highest BCUT2D eigenvalue weighted by Gasteiger charge is 2.40. The second-order valence-corrected chi connectivity index (χ2v) is 9.87. The summed E-state index contributed by atoms with van der Waals surface area (Å²) in [7, 11) is 0. The summed E-state index contributed by atoms with van der Waals surface area (Å²) in [6, 6.07) is 11.2. The largest absolute Gasteiger partial charge is 0.483 e. The van der Waals surface area contributed by atoms with Gasteiger partial charge in [-0.05, 0) is 49.4 Å². The number of fused-ring (bicyclic) bond motifs is 2. The molecule has 2 fully saturated rings. The highest BCUT2D eigenvalue weighted by atomic mass is 35.5. The van der Waals surface area contributed by atoms with Gasteiger partial charge in [0.05, 0.1) is 10.7 Å². The van der Waals surface area contributed by atoms with Crippen LogP contribution in [0.15, 0.2) is 36.4 Å². The van der Waals surface area contributed by atoms with Gasteiger partial charge in [-0.2, -0.15) is 0 Å². The molecule has 2 aromatic carbocycles. The van der Waals surface area contributed by atoms with Crippen LogP contribution in [-0.4, -0.2) is 52.5 Å². The third kappa shape index (κ3) is 6.25. The first-order chi connectivity index (χ1) is 16.7. The van der Waals surface area contributed by atoms with E-state index in [1.54, 1.807) is 0 Å². The standard InChI is InChI=1S/C25H27Cl2N3O5/c1-14(31)28-22-11-23(20(25(33)34)10-21(22)27)35-13-24(32)29-17-8-18-6-7-19(9-17)30(18)12-15-2-4-16(26)5-3-15/h2-5,10-11,17-19H,6-9,12-13H2,1H3,(H,28,31)(H,29,32)(H,33,34)/t17-,18+,19-. The second kappa shape index (κ2) is 10.8. The van der Waals surface area contributed by atoms with Gasteiger partial charge in [-0.15, -0.1) is 0 Å². The maximum atomic E-state index is 12.6. The zero-order valence-electron chi connectivity index (χ0n) is 19.2. The fourth-order valence-electron chi connectivity index (χ4n) is 4.99. The van der Waals surface area contributed by atoms with Gasteiger partial charge in [0, 0.05) is 42.7 Å². The van der Waals surface area contributed by atoms with Crippen LogP contribution in [0.2, 0.25) is 10.0 Å². The van der Waals surface area contributed by atoms with E-state index in [1.165, 1.54) is 24.6 Å². The van der Waals surface area contributed by atoms with Crippen molar-refractivity contribution < 1.29 is 24.2 Å². The van der Waals surface area contributed by atoms with Crippen LogP contribution in [0.4, 0.5) is 5.69 Å². The number of carbonyl (C=O) groups is 3. The van der Waals surface area contributed by atoms with Crippen LogP contribution in [0, 0.1) is 0 Å². The minimum atomic E-state index is -1.25. The number of nitrogens with zero attached hydrogens (tertiary/aromatic N) is 1. The van der Waals surface area contributed by atoms with E-state index in [1.807, 2.05) is 24.3 Å². The van der Waals surface area contributed by atoms with Gasteiger partial charge in [0.1, 0.15) is 11.3 Å². The number of rotatable bonds is 8. The first-order valence-electron chi connectivity index (χ1n) is 11.5. The average molecular weight is 520 g/mol. The molecule has 2 aliphatic rings. The summed E-state index contributed by atoms with van der Waals surface area (Å²) in [6.45, 7) is 1.83. The molecule has 0 spiro atoms. The van der Waals surface area contributed by atoms with Crippen molar-refractivity contribution in [2.45, 2.75) is 57.3 Å². The monoisotopic (exact) mass is 519 g/mol. The molecule has 10 heteroatoms.